The van der Waals surface area contributed by atoms with Gasteiger partial charge < -0.3 is 10.4 Å². The Balaban J connectivity index is 1.33. The van der Waals surface area contributed by atoms with Crippen LogP contribution in [0.1, 0.15) is 12.0 Å². The summed E-state index contributed by atoms with van der Waals surface area (Å²) in [4.78, 5) is 21.2. The predicted molar refractivity (Wildman–Crippen MR) is 147 cm³/mol. The van der Waals surface area contributed by atoms with Crippen LogP contribution in [0.4, 0.5) is 23.4 Å². The Morgan fingerprint density at radius 1 is 0.907 bits per heavy atom. The van der Waals surface area contributed by atoms with Gasteiger partial charge in [-0.15, -0.1) is 0 Å². The molecule has 0 radical (unpaired) electrons. The minimum Gasteiger partial charge on any atom is -0.383 e. The molecule has 0 aliphatic rings. The summed E-state index contributed by atoms with van der Waals surface area (Å²) < 4.78 is 58.6. The lowest BCUT2D eigenvalue weighted by Gasteiger charge is -2.28. The number of anilines is 1. The molecule has 1 atom stereocenters. The van der Waals surface area contributed by atoms with Crippen molar-refractivity contribution in [1.29, 1.82) is 0 Å². The number of hydrogen-bond donors (Lipinski definition) is 2. The molecule has 0 aliphatic carbocycles. The molecule has 0 saturated carbocycles. The van der Waals surface area contributed by atoms with E-state index in [9.17, 15) is 27.5 Å². The molecule has 9 nitrogen and oxygen atoms in total. The summed E-state index contributed by atoms with van der Waals surface area (Å²) in [6.07, 6.45) is 4.51. The Hall–Kier alpha value is -5.43. The zero-order valence-corrected chi connectivity index (χ0v) is 22.1. The molecule has 6 aromatic rings. The number of halogens is 4. The number of carbonyl (C=O) groups is 1. The SMILES string of the molecule is O=C(CC(O)(Cn1cncn1)c1ccc(F)cc1F)Nc1cc(-c2c(-c3ccc(F)cc3)nn3cc(F)ccc23)ccn1. The Labute approximate surface area is 241 Å². The molecule has 1 amide bonds. The molecule has 4 heterocycles. The van der Waals surface area contributed by atoms with E-state index >= 15 is 0 Å². The van der Waals surface area contributed by atoms with Gasteiger partial charge in [-0.3, -0.25) is 4.79 Å². The van der Waals surface area contributed by atoms with Crippen LogP contribution >= 0.6 is 0 Å². The van der Waals surface area contributed by atoms with Crippen LogP contribution in [0.3, 0.4) is 0 Å². The highest BCUT2D eigenvalue weighted by Gasteiger charge is 2.36. The molecule has 1 unspecified atom stereocenters. The summed E-state index contributed by atoms with van der Waals surface area (Å²) in [5.41, 5.74) is 0.233. The molecule has 0 aliphatic heterocycles. The van der Waals surface area contributed by atoms with Crippen LogP contribution < -0.4 is 5.32 Å². The first-order valence-electron chi connectivity index (χ1n) is 12.9. The highest BCUT2D eigenvalue weighted by molar-refractivity contribution is 5.95. The van der Waals surface area contributed by atoms with Crippen LogP contribution in [0.2, 0.25) is 0 Å². The van der Waals surface area contributed by atoms with Crippen molar-refractivity contribution in [3.05, 3.63) is 121 Å². The van der Waals surface area contributed by atoms with E-state index in [1.807, 2.05) is 0 Å². The largest absolute Gasteiger partial charge is 0.383 e. The molecular formula is C30H21F4N7O2. The molecule has 2 N–H and O–H groups in total. The molecular weight excluding hydrogens is 566 g/mol. The van der Waals surface area contributed by atoms with Gasteiger partial charge in [0.2, 0.25) is 5.91 Å². The molecule has 0 saturated heterocycles. The summed E-state index contributed by atoms with van der Waals surface area (Å²) in [5, 5.41) is 22.6. The molecule has 2 aromatic carbocycles. The second-order valence-corrected chi connectivity index (χ2v) is 9.81. The fraction of sp³-hybridized carbons (Fsp3) is 0.100. The van der Waals surface area contributed by atoms with Crippen molar-refractivity contribution in [3.63, 3.8) is 0 Å². The van der Waals surface area contributed by atoms with E-state index in [-0.39, 0.29) is 17.9 Å². The number of hydrogen-bond acceptors (Lipinski definition) is 6. The molecule has 4 aromatic heterocycles. The van der Waals surface area contributed by atoms with Gasteiger partial charge >= 0.3 is 0 Å². The molecule has 43 heavy (non-hydrogen) atoms. The maximum absolute atomic E-state index is 14.8. The average Bonchev–Trinajstić information content (AvgIpc) is 3.60. The average molecular weight is 588 g/mol. The number of fused-ring (bicyclic) bond motifs is 1. The maximum atomic E-state index is 14.8. The number of carbonyl (C=O) groups excluding carboxylic acids is 1. The van der Waals surface area contributed by atoms with E-state index in [4.69, 9.17) is 0 Å². The van der Waals surface area contributed by atoms with Gasteiger partial charge in [0, 0.05) is 29.0 Å². The number of nitrogens with zero attached hydrogens (tertiary/aromatic N) is 6. The minimum absolute atomic E-state index is 0.0942. The van der Waals surface area contributed by atoms with Crippen molar-refractivity contribution in [1.82, 2.24) is 29.4 Å². The zero-order chi connectivity index (χ0) is 30.1. The van der Waals surface area contributed by atoms with Crippen LogP contribution in [0.25, 0.3) is 27.9 Å². The van der Waals surface area contributed by atoms with E-state index in [0.29, 0.717) is 34.0 Å². The highest BCUT2D eigenvalue weighted by atomic mass is 19.1. The smallest absolute Gasteiger partial charge is 0.228 e. The third-order valence-electron chi connectivity index (χ3n) is 6.80. The quantitative estimate of drug-likeness (QED) is 0.239. The van der Waals surface area contributed by atoms with Crippen LogP contribution in [0.5, 0.6) is 0 Å². The first-order chi connectivity index (χ1) is 20.7. The third-order valence-corrected chi connectivity index (χ3v) is 6.80. The summed E-state index contributed by atoms with van der Waals surface area (Å²) >= 11 is 0. The van der Waals surface area contributed by atoms with Crippen molar-refractivity contribution in [2.24, 2.45) is 0 Å². The topological polar surface area (TPSA) is 110 Å². The molecule has 6 rings (SSSR count). The van der Waals surface area contributed by atoms with Gasteiger partial charge in [0.15, 0.2) is 0 Å². The monoisotopic (exact) mass is 587 g/mol. The van der Waals surface area contributed by atoms with Gasteiger partial charge in [-0.05, 0) is 60.2 Å². The van der Waals surface area contributed by atoms with E-state index in [0.717, 1.165) is 12.1 Å². The lowest BCUT2D eigenvalue weighted by Crippen LogP contribution is -2.37. The molecule has 0 bridgehead atoms. The standard InChI is InChI=1S/C30H21F4N7O2/c31-20-3-1-18(2-4-20)29-28(25-8-6-22(33)14-41(25)39-29)19-9-10-36-26(11-19)38-27(42)13-30(43,15-40-17-35-16-37-40)23-7-5-21(32)12-24(23)34/h1-12,14,16-17,43H,13,15H2,(H,36,38,42). The first-order valence-corrected chi connectivity index (χ1v) is 12.9. The number of pyridine rings is 2. The normalized spacial score (nSPS) is 12.8. The lowest BCUT2D eigenvalue weighted by atomic mass is 9.89. The summed E-state index contributed by atoms with van der Waals surface area (Å²) in [6, 6.07) is 14.4. The van der Waals surface area contributed by atoms with Gasteiger partial charge in [-0.2, -0.15) is 10.2 Å². The summed E-state index contributed by atoms with van der Waals surface area (Å²) in [7, 11) is 0. The fourth-order valence-corrected chi connectivity index (χ4v) is 4.91. The summed E-state index contributed by atoms with van der Waals surface area (Å²) in [5.74, 6) is -3.45. The van der Waals surface area contributed by atoms with Crippen LogP contribution in [0, 0.1) is 23.3 Å². The number of benzene rings is 2. The van der Waals surface area contributed by atoms with Crippen molar-refractivity contribution in [2.75, 3.05) is 5.32 Å². The van der Waals surface area contributed by atoms with Gasteiger partial charge in [-0.25, -0.2) is 36.7 Å². The van der Waals surface area contributed by atoms with Crippen molar-refractivity contribution < 1.29 is 27.5 Å². The Bertz CT molecular complexity index is 1940. The van der Waals surface area contributed by atoms with E-state index in [2.05, 4.69) is 25.5 Å². The van der Waals surface area contributed by atoms with Crippen molar-refractivity contribution in [2.45, 2.75) is 18.6 Å². The van der Waals surface area contributed by atoms with Crippen LogP contribution in [-0.4, -0.2) is 40.4 Å². The lowest BCUT2D eigenvalue weighted by molar-refractivity contribution is -0.122. The van der Waals surface area contributed by atoms with Gasteiger partial charge in [-0.1, -0.05) is 6.07 Å². The van der Waals surface area contributed by atoms with Crippen molar-refractivity contribution in [3.8, 4) is 22.4 Å². The Kier molecular flexibility index (Phi) is 7.16. The van der Waals surface area contributed by atoms with Crippen LogP contribution in [0.15, 0.2) is 91.8 Å². The second-order valence-electron chi connectivity index (χ2n) is 9.81. The van der Waals surface area contributed by atoms with Gasteiger partial charge in [0.05, 0.1) is 24.7 Å². The zero-order valence-electron chi connectivity index (χ0n) is 22.1. The van der Waals surface area contributed by atoms with E-state index in [1.165, 1.54) is 52.4 Å². The number of aromatic nitrogens is 6. The van der Waals surface area contributed by atoms with E-state index in [1.54, 1.807) is 30.3 Å². The Morgan fingerprint density at radius 3 is 2.42 bits per heavy atom. The van der Waals surface area contributed by atoms with Gasteiger partial charge in [0.25, 0.3) is 0 Å². The number of nitrogens with one attached hydrogen (secondary N) is 1. The van der Waals surface area contributed by atoms with E-state index < -0.39 is 41.2 Å². The minimum atomic E-state index is -2.13. The number of amides is 1. The van der Waals surface area contributed by atoms with Gasteiger partial charge in [0.1, 0.15) is 53.0 Å². The first kappa shape index (κ1) is 27.7. The maximum Gasteiger partial charge on any atom is 0.228 e. The van der Waals surface area contributed by atoms with Crippen LogP contribution in [-0.2, 0) is 16.9 Å². The Morgan fingerprint density at radius 2 is 1.67 bits per heavy atom. The number of rotatable bonds is 8. The number of aliphatic hydroxyl groups is 1. The fourth-order valence-electron chi connectivity index (χ4n) is 4.91. The molecule has 216 valence electrons. The molecule has 0 spiro atoms. The summed E-state index contributed by atoms with van der Waals surface area (Å²) in [6.45, 7) is -0.351. The highest BCUT2D eigenvalue weighted by Crippen LogP contribution is 2.36. The molecule has 13 heteroatoms. The van der Waals surface area contributed by atoms with Crippen molar-refractivity contribution >= 4 is 17.2 Å². The third kappa shape index (κ3) is 5.70. The molecule has 0 fully saturated rings. The second kappa shape index (κ2) is 11.1. The predicted octanol–water partition coefficient (Wildman–Crippen LogP) is 5.13.